The van der Waals surface area contributed by atoms with Crippen LogP contribution >= 0.6 is 34.5 Å². The summed E-state index contributed by atoms with van der Waals surface area (Å²) in [6.45, 7) is 3.90. The van der Waals surface area contributed by atoms with Crippen LogP contribution in [-0.4, -0.2) is 64.4 Å². The number of hydrogen-bond donors (Lipinski definition) is 2. The van der Waals surface area contributed by atoms with Crippen LogP contribution < -0.4 is 5.32 Å². The summed E-state index contributed by atoms with van der Waals surface area (Å²) in [6, 6.07) is 3.10. The molecule has 1 saturated heterocycles. The van der Waals surface area contributed by atoms with Gasteiger partial charge in [-0.05, 0) is 25.5 Å². The number of nitrogens with one attached hydrogen (secondary N) is 1. The van der Waals surface area contributed by atoms with Gasteiger partial charge in [0, 0.05) is 57.3 Å². The van der Waals surface area contributed by atoms with Crippen molar-refractivity contribution in [2.45, 2.75) is 51.6 Å². The van der Waals surface area contributed by atoms with Gasteiger partial charge in [0.15, 0.2) is 10.8 Å². The highest BCUT2D eigenvalue weighted by atomic mass is 35.5. The largest absolute Gasteiger partial charge is 0.481 e. The number of halogens is 4. The molecule has 2 aliphatic rings. The van der Waals surface area contributed by atoms with E-state index in [1.54, 1.807) is 30.6 Å². The van der Waals surface area contributed by atoms with Crippen LogP contribution in [-0.2, 0) is 14.3 Å². The molecule has 210 valence electrons. The third-order valence-corrected chi connectivity index (χ3v) is 8.47. The average molecular weight is 602 g/mol. The van der Waals surface area contributed by atoms with Crippen LogP contribution in [0.4, 0.5) is 8.78 Å². The number of aliphatic imine (C=N–C) groups is 1. The number of hydrogen-bond acceptors (Lipinski definition) is 8. The van der Waals surface area contributed by atoms with Crippen molar-refractivity contribution in [1.29, 1.82) is 0 Å². The maximum atomic E-state index is 15.2. The van der Waals surface area contributed by atoms with Crippen molar-refractivity contribution < 1.29 is 28.2 Å². The van der Waals surface area contributed by atoms with Gasteiger partial charge in [-0.2, -0.15) is 0 Å². The number of amidine groups is 1. The summed E-state index contributed by atoms with van der Waals surface area (Å²) >= 11 is 14.0. The molecule has 13 heteroatoms. The van der Waals surface area contributed by atoms with E-state index in [-0.39, 0.29) is 36.6 Å². The number of likely N-dealkylation sites (tertiary alicyclic amines) is 1. The van der Waals surface area contributed by atoms with Gasteiger partial charge in [0.2, 0.25) is 0 Å². The molecule has 2 N–H and O–H groups in total. The van der Waals surface area contributed by atoms with Crippen molar-refractivity contribution in [3.8, 4) is 0 Å². The molecule has 0 bridgehead atoms. The van der Waals surface area contributed by atoms with Gasteiger partial charge in [-0.25, -0.2) is 18.6 Å². The van der Waals surface area contributed by atoms with E-state index in [9.17, 15) is 14.7 Å². The minimum absolute atomic E-state index is 0.0137. The molecule has 0 spiro atoms. The Bertz CT molecular complexity index is 1320. The minimum atomic E-state index is -3.10. The monoisotopic (exact) mass is 600 g/mol. The number of ether oxygens (including phenoxy) is 1. The number of aromatic nitrogens is 1. The normalized spacial score (nSPS) is 22.4. The number of carbonyl (C=O) groups excluding carboxylic acids is 1. The maximum Gasteiger partial charge on any atom is 0.338 e. The van der Waals surface area contributed by atoms with Crippen molar-refractivity contribution in [2.75, 3.05) is 19.7 Å². The number of carbonyl (C=O) groups is 2. The number of carboxylic acid groups (broad SMARTS) is 1. The van der Waals surface area contributed by atoms with E-state index in [1.165, 1.54) is 36.2 Å². The maximum absolute atomic E-state index is 15.2. The molecule has 1 aromatic heterocycles. The Morgan fingerprint density at radius 1 is 1.31 bits per heavy atom. The second-order valence-electron chi connectivity index (χ2n) is 9.90. The summed E-state index contributed by atoms with van der Waals surface area (Å²) in [5.41, 5.74) is -0.607. The van der Waals surface area contributed by atoms with E-state index in [0.29, 0.717) is 27.1 Å². The lowest BCUT2D eigenvalue weighted by Crippen LogP contribution is -2.44. The standard InChI is InChI=1S/C26H28Cl2F2N4O4S/c1-4-38-24(37)20-17(12-34-13-26(29,30)25(2,3)18(34)7-8-19(35)36)32-22(23-31-9-10-39-23)33-21(20)15-6-5-14(27)11-16(15)28/h5-6,9-11,18,21H,4,7-8,12-13H2,1-3H3,(H,32,33)(H,35,36)/t18-,21+/m1/s1. The summed E-state index contributed by atoms with van der Waals surface area (Å²) in [7, 11) is 0. The van der Waals surface area contributed by atoms with Gasteiger partial charge in [-0.1, -0.05) is 43.1 Å². The Kier molecular flexibility index (Phi) is 8.65. The van der Waals surface area contributed by atoms with Crippen molar-refractivity contribution in [3.05, 3.63) is 61.7 Å². The number of benzene rings is 1. The zero-order chi connectivity index (χ0) is 28.5. The van der Waals surface area contributed by atoms with Crippen LogP contribution in [0.25, 0.3) is 0 Å². The molecule has 4 rings (SSSR count). The van der Waals surface area contributed by atoms with E-state index < -0.39 is 41.9 Å². The number of esters is 1. The molecule has 1 aromatic carbocycles. The number of thiazole rings is 1. The van der Waals surface area contributed by atoms with Crippen LogP contribution in [0.5, 0.6) is 0 Å². The SMILES string of the molecule is CCOC(=O)C1=C(CN2CC(F)(F)C(C)(C)[C@H]2CCC(=O)O)NC(c2nccs2)=N[C@H]1c1ccc(Cl)cc1Cl. The summed E-state index contributed by atoms with van der Waals surface area (Å²) in [6.07, 6.45) is 1.34. The molecule has 0 radical (unpaired) electrons. The zero-order valence-corrected chi connectivity index (χ0v) is 23.8. The molecule has 0 saturated carbocycles. The van der Waals surface area contributed by atoms with Crippen molar-refractivity contribution >= 4 is 52.3 Å². The fourth-order valence-electron chi connectivity index (χ4n) is 5.01. The molecule has 3 heterocycles. The van der Waals surface area contributed by atoms with Crippen molar-refractivity contribution in [3.63, 3.8) is 0 Å². The van der Waals surface area contributed by atoms with Crippen molar-refractivity contribution in [2.24, 2.45) is 10.4 Å². The van der Waals surface area contributed by atoms with Crippen molar-refractivity contribution in [1.82, 2.24) is 15.2 Å². The number of carboxylic acids is 1. The molecule has 2 aromatic rings. The van der Waals surface area contributed by atoms with Crippen LogP contribution in [0.1, 0.15) is 50.2 Å². The molecule has 39 heavy (non-hydrogen) atoms. The Hall–Kier alpha value is -2.60. The summed E-state index contributed by atoms with van der Waals surface area (Å²) in [5, 5.41) is 15.4. The first-order chi connectivity index (χ1) is 18.4. The van der Waals surface area contributed by atoms with Gasteiger partial charge in [0.1, 0.15) is 6.04 Å². The van der Waals surface area contributed by atoms with Gasteiger partial charge < -0.3 is 15.2 Å². The number of aliphatic carboxylic acids is 1. The summed E-state index contributed by atoms with van der Waals surface area (Å²) < 4.78 is 35.8. The lowest BCUT2D eigenvalue weighted by atomic mass is 9.79. The van der Waals surface area contributed by atoms with Crippen LogP contribution in [0.2, 0.25) is 10.0 Å². The first kappa shape index (κ1) is 29.4. The second-order valence-corrected chi connectivity index (χ2v) is 11.6. The molecule has 8 nitrogen and oxygen atoms in total. The molecular weight excluding hydrogens is 573 g/mol. The van der Waals surface area contributed by atoms with Crippen LogP contribution in [0.3, 0.4) is 0 Å². The number of rotatable bonds is 9. The Balaban J connectivity index is 1.84. The van der Waals surface area contributed by atoms with E-state index in [0.717, 1.165) is 0 Å². The van der Waals surface area contributed by atoms with Gasteiger partial charge >= 0.3 is 11.9 Å². The topological polar surface area (TPSA) is 104 Å². The quantitative estimate of drug-likeness (QED) is 0.363. The summed E-state index contributed by atoms with van der Waals surface area (Å²) in [4.78, 5) is 35.3. The predicted octanol–water partition coefficient (Wildman–Crippen LogP) is 5.57. The first-order valence-corrected chi connectivity index (χ1v) is 13.9. The third-order valence-electron chi connectivity index (χ3n) is 7.12. The van der Waals surface area contributed by atoms with E-state index >= 15 is 8.78 Å². The van der Waals surface area contributed by atoms with E-state index in [1.807, 2.05) is 0 Å². The van der Waals surface area contributed by atoms with E-state index in [2.05, 4.69) is 10.3 Å². The molecule has 2 atom stereocenters. The first-order valence-electron chi connectivity index (χ1n) is 12.3. The molecule has 1 fully saturated rings. The van der Waals surface area contributed by atoms with Crippen LogP contribution in [0.15, 0.2) is 46.0 Å². The second kappa shape index (κ2) is 11.5. The molecule has 0 aliphatic carbocycles. The highest BCUT2D eigenvalue weighted by Crippen LogP contribution is 2.49. The van der Waals surface area contributed by atoms with Gasteiger partial charge in [0.05, 0.1) is 18.7 Å². The van der Waals surface area contributed by atoms with E-state index in [4.69, 9.17) is 32.9 Å². The highest BCUT2D eigenvalue weighted by Gasteiger charge is 2.60. The van der Waals surface area contributed by atoms with Gasteiger partial charge in [-0.15, -0.1) is 11.3 Å². The van der Waals surface area contributed by atoms with Crippen LogP contribution in [0, 0.1) is 5.41 Å². The third kappa shape index (κ3) is 5.96. The zero-order valence-electron chi connectivity index (χ0n) is 21.5. The number of alkyl halides is 2. The smallest absolute Gasteiger partial charge is 0.338 e. The minimum Gasteiger partial charge on any atom is -0.481 e. The molecule has 2 aliphatic heterocycles. The predicted molar refractivity (Wildman–Crippen MR) is 146 cm³/mol. The summed E-state index contributed by atoms with van der Waals surface area (Å²) in [5.74, 6) is -4.50. The fourth-order valence-corrected chi connectivity index (χ4v) is 6.11. The molecule has 0 amide bonds. The molecular formula is C26H28Cl2F2N4O4S. The average Bonchev–Trinajstić information content (AvgIpc) is 3.43. The Morgan fingerprint density at radius 3 is 2.67 bits per heavy atom. The Morgan fingerprint density at radius 2 is 2.05 bits per heavy atom. The highest BCUT2D eigenvalue weighted by molar-refractivity contribution is 7.11. The lowest BCUT2D eigenvalue weighted by molar-refractivity contribution is -0.139. The van der Waals surface area contributed by atoms with Gasteiger partial charge in [0.25, 0.3) is 5.92 Å². The molecule has 0 unspecified atom stereocenters. The van der Waals surface area contributed by atoms with Gasteiger partial charge in [-0.3, -0.25) is 14.7 Å². The number of nitrogens with zero attached hydrogens (tertiary/aromatic N) is 3. The fraction of sp³-hybridized carbons (Fsp3) is 0.462. The Labute approximate surface area is 238 Å². The lowest BCUT2D eigenvalue weighted by Gasteiger charge is -2.35.